The van der Waals surface area contributed by atoms with Crippen molar-refractivity contribution in [3.63, 3.8) is 0 Å². The fraction of sp³-hybridized carbons (Fsp3) is 0.500. The zero-order chi connectivity index (χ0) is 12.7. The summed E-state index contributed by atoms with van der Waals surface area (Å²) in [5, 5.41) is 0. The van der Waals surface area contributed by atoms with Gasteiger partial charge in [-0.3, -0.25) is 4.79 Å². The van der Waals surface area contributed by atoms with E-state index < -0.39 is 0 Å². The third-order valence-electron chi connectivity index (χ3n) is 2.92. The molecule has 0 bridgehead atoms. The number of carbonyl (C=O) groups excluding carboxylic acids is 1. The predicted molar refractivity (Wildman–Crippen MR) is 67.3 cm³/mol. The van der Waals surface area contributed by atoms with E-state index in [0.29, 0.717) is 6.42 Å². The summed E-state index contributed by atoms with van der Waals surface area (Å²) in [6.45, 7) is 2.06. The van der Waals surface area contributed by atoms with Crippen molar-refractivity contribution in [2.45, 2.75) is 32.6 Å². The lowest BCUT2D eigenvalue weighted by Gasteiger charge is -2.09. The van der Waals surface area contributed by atoms with Crippen LogP contribution in [0.15, 0.2) is 18.2 Å². The van der Waals surface area contributed by atoms with Gasteiger partial charge in [-0.2, -0.15) is 0 Å². The average molecular weight is 236 g/mol. The monoisotopic (exact) mass is 236 g/mol. The van der Waals surface area contributed by atoms with Crippen LogP contribution in [-0.2, 0) is 16.0 Å². The maximum absolute atomic E-state index is 10.9. The van der Waals surface area contributed by atoms with E-state index in [-0.39, 0.29) is 5.97 Å². The van der Waals surface area contributed by atoms with Crippen LogP contribution >= 0.6 is 0 Å². The van der Waals surface area contributed by atoms with Gasteiger partial charge in [-0.25, -0.2) is 0 Å². The number of hydrogen-bond donors (Lipinski definition) is 0. The van der Waals surface area contributed by atoms with Crippen molar-refractivity contribution in [3.05, 3.63) is 29.3 Å². The van der Waals surface area contributed by atoms with Crippen LogP contribution in [0.3, 0.4) is 0 Å². The standard InChI is InChI=1S/C14H20O3/c1-11-12(8-6-9-13(11)16-2)7-4-5-10-14(15)17-3/h6,8-9H,4-5,7,10H2,1-3H3. The molecule has 0 unspecified atom stereocenters. The first-order valence-electron chi connectivity index (χ1n) is 5.88. The number of methoxy groups -OCH3 is 2. The topological polar surface area (TPSA) is 35.5 Å². The Morgan fingerprint density at radius 3 is 2.65 bits per heavy atom. The van der Waals surface area contributed by atoms with Crippen LogP contribution in [0.4, 0.5) is 0 Å². The summed E-state index contributed by atoms with van der Waals surface area (Å²) in [6.07, 6.45) is 3.33. The van der Waals surface area contributed by atoms with E-state index >= 15 is 0 Å². The number of esters is 1. The smallest absolute Gasteiger partial charge is 0.305 e. The lowest BCUT2D eigenvalue weighted by molar-refractivity contribution is -0.140. The molecule has 0 saturated carbocycles. The van der Waals surface area contributed by atoms with Crippen molar-refractivity contribution >= 4 is 5.97 Å². The van der Waals surface area contributed by atoms with Gasteiger partial charge in [-0.15, -0.1) is 0 Å². The third kappa shape index (κ3) is 4.10. The number of hydrogen-bond acceptors (Lipinski definition) is 3. The first kappa shape index (κ1) is 13.6. The Morgan fingerprint density at radius 2 is 2.00 bits per heavy atom. The molecule has 0 aliphatic rings. The summed E-state index contributed by atoms with van der Waals surface area (Å²) in [5.74, 6) is 0.794. The summed E-state index contributed by atoms with van der Waals surface area (Å²) >= 11 is 0. The van der Waals surface area contributed by atoms with E-state index in [1.165, 1.54) is 18.2 Å². The van der Waals surface area contributed by atoms with Gasteiger partial charge in [-0.1, -0.05) is 12.1 Å². The molecule has 17 heavy (non-hydrogen) atoms. The Labute approximate surface area is 103 Å². The molecule has 0 saturated heterocycles. The minimum Gasteiger partial charge on any atom is -0.496 e. The van der Waals surface area contributed by atoms with Crippen molar-refractivity contribution in [1.29, 1.82) is 0 Å². The van der Waals surface area contributed by atoms with Crippen molar-refractivity contribution in [2.24, 2.45) is 0 Å². The number of aryl methyl sites for hydroxylation is 1. The predicted octanol–water partition coefficient (Wildman–Crippen LogP) is 2.89. The third-order valence-corrected chi connectivity index (χ3v) is 2.92. The zero-order valence-corrected chi connectivity index (χ0v) is 10.8. The first-order valence-corrected chi connectivity index (χ1v) is 5.88. The molecule has 1 rings (SSSR count). The molecule has 0 amide bonds. The van der Waals surface area contributed by atoms with Gasteiger partial charge in [0.2, 0.25) is 0 Å². The van der Waals surface area contributed by atoms with E-state index in [9.17, 15) is 4.79 Å². The van der Waals surface area contributed by atoms with Crippen LogP contribution in [-0.4, -0.2) is 20.2 Å². The number of carbonyl (C=O) groups is 1. The average Bonchev–Trinajstić information content (AvgIpc) is 2.36. The molecule has 0 aliphatic heterocycles. The van der Waals surface area contributed by atoms with Crippen LogP contribution in [0.5, 0.6) is 5.75 Å². The molecular weight excluding hydrogens is 216 g/mol. The fourth-order valence-electron chi connectivity index (χ4n) is 1.84. The second-order valence-electron chi connectivity index (χ2n) is 4.03. The van der Waals surface area contributed by atoms with Crippen LogP contribution < -0.4 is 4.74 Å². The highest BCUT2D eigenvalue weighted by molar-refractivity contribution is 5.68. The molecule has 0 aromatic heterocycles. The first-order chi connectivity index (χ1) is 8.19. The summed E-state index contributed by atoms with van der Waals surface area (Å²) in [7, 11) is 3.11. The summed E-state index contributed by atoms with van der Waals surface area (Å²) in [5.41, 5.74) is 2.47. The van der Waals surface area contributed by atoms with Crippen molar-refractivity contribution < 1.29 is 14.3 Å². The van der Waals surface area contributed by atoms with E-state index in [0.717, 1.165) is 25.0 Å². The lowest BCUT2D eigenvalue weighted by Crippen LogP contribution is -2.00. The minimum atomic E-state index is -0.132. The highest BCUT2D eigenvalue weighted by Crippen LogP contribution is 2.22. The minimum absolute atomic E-state index is 0.132. The Morgan fingerprint density at radius 1 is 1.24 bits per heavy atom. The highest BCUT2D eigenvalue weighted by Gasteiger charge is 2.05. The Kier molecular flexibility index (Phi) is 5.53. The summed E-state index contributed by atoms with van der Waals surface area (Å²) < 4.78 is 9.88. The molecule has 3 nitrogen and oxygen atoms in total. The van der Waals surface area contributed by atoms with Crippen LogP contribution in [0, 0.1) is 6.92 Å². The van der Waals surface area contributed by atoms with Gasteiger partial charge in [-0.05, 0) is 43.4 Å². The van der Waals surface area contributed by atoms with E-state index in [1.807, 2.05) is 12.1 Å². The van der Waals surface area contributed by atoms with Crippen molar-refractivity contribution in [1.82, 2.24) is 0 Å². The quantitative estimate of drug-likeness (QED) is 0.563. The van der Waals surface area contributed by atoms with Gasteiger partial charge >= 0.3 is 5.97 Å². The van der Waals surface area contributed by atoms with Crippen molar-refractivity contribution in [3.8, 4) is 5.75 Å². The SMILES string of the molecule is COC(=O)CCCCc1cccc(OC)c1C. The molecular formula is C14H20O3. The second-order valence-corrected chi connectivity index (χ2v) is 4.03. The van der Waals surface area contributed by atoms with Crippen LogP contribution in [0.1, 0.15) is 30.4 Å². The number of ether oxygens (including phenoxy) is 2. The molecule has 0 heterocycles. The van der Waals surface area contributed by atoms with Gasteiger partial charge < -0.3 is 9.47 Å². The van der Waals surface area contributed by atoms with Gasteiger partial charge in [0.15, 0.2) is 0 Å². The molecule has 1 aromatic rings. The summed E-state index contributed by atoms with van der Waals surface area (Å²) in [4.78, 5) is 10.9. The largest absolute Gasteiger partial charge is 0.496 e. The molecule has 0 aliphatic carbocycles. The van der Waals surface area contributed by atoms with E-state index in [2.05, 4.69) is 17.7 Å². The van der Waals surface area contributed by atoms with E-state index in [4.69, 9.17) is 4.74 Å². The van der Waals surface area contributed by atoms with Gasteiger partial charge in [0.05, 0.1) is 14.2 Å². The number of benzene rings is 1. The second kappa shape index (κ2) is 6.94. The van der Waals surface area contributed by atoms with Gasteiger partial charge in [0.1, 0.15) is 5.75 Å². The summed E-state index contributed by atoms with van der Waals surface area (Å²) in [6, 6.07) is 6.07. The van der Waals surface area contributed by atoms with Gasteiger partial charge in [0.25, 0.3) is 0 Å². The molecule has 0 radical (unpaired) electrons. The lowest BCUT2D eigenvalue weighted by atomic mass is 10.0. The highest BCUT2D eigenvalue weighted by atomic mass is 16.5. The number of rotatable bonds is 6. The molecule has 0 atom stereocenters. The molecule has 0 fully saturated rings. The zero-order valence-electron chi connectivity index (χ0n) is 10.8. The Hall–Kier alpha value is -1.51. The fourth-order valence-corrected chi connectivity index (χ4v) is 1.84. The number of unbranched alkanes of at least 4 members (excludes halogenated alkanes) is 1. The maximum Gasteiger partial charge on any atom is 0.305 e. The normalized spacial score (nSPS) is 10.1. The van der Waals surface area contributed by atoms with E-state index in [1.54, 1.807) is 7.11 Å². The molecule has 1 aromatic carbocycles. The molecule has 94 valence electrons. The van der Waals surface area contributed by atoms with Crippen molar-refractivity contribution in [2.75, 3.05) is 14.2 Å². The molecule has 0 spiro atoms. The molecule has 0 N–H and O–H groups in total. The van der Waals surface area contributed by atoms with Crippen LogP contribution in [0.2, 0.25) is 0 Å². The van der Waals surface area contributed by atoms with Gasteiger partial charge in [0, 0.05) is 6.42 Å². The maximum atomic E-state index is 10.9. The van der Waals surface area contributed by atoms with Crippen LogP contribution in [0.25, 0.3) is 0 Å². The Balaban J connectivity index is 2.44. The molecule has 3 heteroatoms. The Bertz CT molecular complexity index is 372.